The summed E-state index contributed by atoms with van der Waals surface area (Å²) >= 11 is 0. The number of aliphatic hydroxyl groups excluding tert-OH is 1. The second kappa shape index (κ2) is 4.04. The summed E-state index contributed by atoms with van der Waals surface area (Å²) in [6, 6.07) is 0. The van der Waals surface area contributed by atoms with Crippen molar-refractivity contribution in [3.63, 3.8) is 0 Å². The average Bonchev–Trinajstić information content (AvgIpc) is 2.35. The van der Waals surface area contributed by atoms with Crippen LogP contribution in [0.3, 0.4) is 0 Å². The van der Waals surface area contributed by atoms with Gasteiger partial charge in [-0.3, -0.25) is 0 Å². The highest BCUT2D eigenvalue weighted by molar-refractivity contribution is 4.67. The molecule has 3 heteroatoms. The molecular weight excluding hydrogens is 144 g/mol. The van der Waals surface area contributed by atoms with E-state index in [0.717, 1.165) is 6.42 Å². The first-order valence-corrected chi connectivity index (χ1v) is 4.17. The lowest BCUT2D eigenvalue weighted by atomic mass is 10.2. The summed E-state index contributed by atoms with van der Waals surface area (Å²) in [7, 11) is 0. The smallest absolute Gasteiger partial charge is 0.157 e. The molecular formula is C8H16O3. The minimum atomic E-state index is -0.607. The van der Waals surface area contributed by atoms with E-state index in [-0.39, 0.29) is 12.2 Å². The third-order valence-corrected chi connectivity index (χ3v) is 1.94. The molecule has 11 heavy (non-hydrogen) atoms. The third-order valence-electron chi connectivity index (χ3n) is 1.94. The second-order valence-electron chi connectivity index (χ2n) is 3.00. The van der Waals surface area contributed by atoms with Gasteiger partial charge in [0.1, 0.15) is 0 Å². The van der Waals surface area contributed by atoms with Crippen molar-refractivity contribution >= 4 is 0 Å². The Bertz CT molecular complexity index is 116. The summed E-state index contributed by atoms with van der Waals surface area (Å²) in [5.41, 5.74) is 0. The first kappa shape index (κ1) is 8.97. The third kappa shape index (κ3) is 2.77. The first-order chi connectivity index (χ1) is 5.22. The molecule has 1 fully saturated rings. The van der Waals surface area contributed by atoms with Gasteiger partial charge in [0.25, 0.3) is 0 Å². The minimum absolute atomic E-state index is 0.0972. The van der Waals surface area contributed by atoms with Gasteiger partial charge in [0, 0.05) is 6.42 Å². The van der Waals surface area contributed by atoms with Gasteiger partial charge in [-0.05, 0) is 13.3 Å². The molecule has 0 aromatic heterocycles. The van der Waals surface area contributed by atoms with Crippen molar-refractivity contribution in [1.29, 1.82) is 0 Å². The molecule has 1 saturated heterocycles. The highest BCUT2D eigenvalue weighted by atomic mass is 16.6. The normalized spacial score (nSPS) is 34.1. The maximum atomic E-state index is 8.98. The van der Waals surface area contributed by atoms with Gasteiger partial charge >= 0.3 is 0 Å². The Kier molecular flexibility index (Phi) is 3.30. The largest absolute Gasteiger partial charge is 0.373 e. The van der Waals surface area contributed by atoms with Crippen LogP contribution in [0, 0.1) is 0 Å². The standard InChI is InChI=1S/C8H16O3/c1-3-6(2)11-7-4-8(9)10-5-7/h6-9H,3-5H2,1-2H3. The summed E-state index contributed by atoms with van der Waals surface area (Å²) in [5, 5.41) is 8.98. The predicted molar refractivity (Wildman–Crippen MR) is 41.2 cm³/mol. The lowest BCUT2D eigenvalue weighted by Gasteiger charge is -2.14. The van der Waals surface area contributed by atoms with Crippen LogP contribution < -0.4 is 0 Å². The van der Waals surface area contributed by atoms with E-state index >= 15 is 0 Å². The average molecular weight is 160 g/mol. The zero-order chi connectivity index (χ0) is 8.27. The molecule has 1 aliphatic rings. The Morgan fingerprint density at radius 1 is 1.73 bits per heavy atom. The van der Waals surface area contributed by atoms with E-state index in [4.69, 9.17) is 14.6 Å². The zero-order valence-electron chi connectivity index (χ0n) is 7.12. The van der Waals surface area contributed by atoms with Crippen LogP contribution >= 0.6 is 0 Å². The van der Waals surface area contributed by atoms with Crippen LogP contribution in [0.15, 0.2) is 0 Å². The molecule has 3 unspecified atom stereocenters. The fraction of sp³-hybridized carbons (Fsp3) is 1.00. The first-order valence-electron chi connectivity index (χ1n) is 4.17. The van der Waals surface area contributed by atoms with Crippen LogP contribution in [0.4, 0.5) is 0 Å². The molecule has 1 N–H and O–H groups in total. The molecule has 1 rings (SSSR count). The topological polar surface area (TPSA) is 38.7 Å². The highest BCUT2D eigenvalue weighted by Crippen LogP contribution is 2.16. The van der Waals surface area contributed by atoms with Crippen molar-refractivity contribution in [2.24, 2.45) is 0 Å². The Morgan fingerprint density at radius 3 is 2.91 bits per heavy atom. The van der Waals surface area contributed by atoms with E-state index in [1.54, 1.807) is 0 Å². The molecule has 0 radical (unpaired) electrons. The number of rotatable bonds is 3. The molecule has 3 atom stereocenters. The zero-order valence-corrected chi connectivity index (χ0v) is 7.12. The molecule has 1 heterocycles. The fourth-order valence-electron chi connectivity index (χ4n) is 1.10. The quantitative estimate of drug-likeness (QED) is 0.667. The van der Waals surface area contributed by atoms with Crippen molar-refractivity contribution in [1.82, 2.24) is 0 Å². The van der Waals surface area contributed by atoms with Crippen LogP contribution in [0.1, 0.15) is 26.7 Å². The van der Waals surface area contributed by atoms with Gasteiger partial charge in [-0.2, -0.15) is 0 Å². The van der Waals surface area contributed by atoms with Gasteiger partial charge in [-0.15, -0.1) is 0 Å². The number of hydrogen-bond donors (Lipinski definition) is 1. The Labute approximate surface area is 67.3 Å². The van der Waals surface area contributed by atoms with Crippen molar-refractivity contribution in [3.8, 4) is 0 Å². The van der Waals surface area contributed by atoms with E-state index in [1.807, 2.05) is 6.92 Å². The molecule has 66 valence electrons. The molecule has 0 aliphatic carbocycles. The molecule has 0 aromatic rings. The van der Waals surface area contributed by atoms with Gasteiger partial charge in [-0.25, -0.2) is 0 Å². The van der Waals surface area contributed by atoms with Crippen LogP contribution in [0.2, 0.25) is 0 Å². The van der Waals surface area contributed by atoms with Crippen molar-refractivity contribution in [2.75, 3.05) is 6.61 Å². The minimum Gasteiger partial charge on any atom is -0.373 e. The van der Waals surface area contributed by atoms with E-state index in [9.17, 15) is 0 Å². The van der Waals surface area contributed by atoms with Gasteiger partial charge in [0.05, 0.1) is 18.8 Å². The van der Waals surface area contributed by atoms with Crippen LogP contribution in [-0.2, 0) is 9.47 Å². The van der Waals surface area contributed by atoms with Crippen LogP contribution in [0.5, 0.6) is 0 Å². The Balaban J connectivity index is 2.17. The van der Waals surface area contributed by atoms with E-state index in [0.29, 0.717) is 13.0 Å². The molecule has 0 spiro atoms. The van der Waals surface area contributed by atoms with E-state index < -0.39 is 6.29 Å². The van der Waals surface area contributed by atoms with Gasteiger partial charge in [0.2, 0.25) is 0 Å². The maximum absolute atomic E-state index is 8.98. The number of ether oxygens (including phenoxy) is 2. The number of aliphatic hydroxyl groups is 1. The molecule has 1 aliphatic heterocycles. The van der Waals surface area contributed by atoms with Crippen molar-refractivity contribution in [3.05, 3.63) is 0 Å². The molecule has 0 aromatic carbocycles. The lowest BCUT2D eigenvalue weighted by molar-refractivity contribution is -0.0611. The molecule has 0 amide bonds. The Hall–Kier alpha value is -0.120. The van der Waals surface area contributed by atoms with Gasteiger partial charge < -0.3 is 14.6 Å². The summed E-state index contributed by atoms with van der Waals surface area (Å²) < 4.78 is 10.5. The SMILES string of the molecule is CCC(C)OC1COC(O)C1. The molecule has 3 nitrogen and oxygen atoms in total. The van der Waals surface area contributed by atoms with E-state index in [1.165, 1.54) is 0 Å². The van der Waals surface area contributed by atoms with Crippen LogP contribution in [-0.4, -0.2) is 30.2 Å². The summed E-state index contributed by atoms with van der Waals surface area (Å²) in [4.78, 5) is 0. The monoisotopic (exact) mass is 160 g/mol. The predicted octanol–water partition coefficient (Wildman–Crippen LogP) is 0.909. The van der Waals surface area contributed by atoms with Gasteiger partial charge in [-0.1, -0.05) is 6.92 Å². The molecule has 0 bridgehead atoms. The van der Waals surface area contributed by atoms with Gasteiger partial charge in [0.15, 0.2) is 6.29 Å². The van der Waals surface area contributed by atoms with Crippen LogP contribution in [0.25, 0.3) is 0 Å². The van der Waals surface area contributed by atoms with Crippen molar-refractivity contribution < 1.29 is 14.6 Å². The molecule has 0 saturated carbocycles. The second-order valence-corrected chi connectivity index (χ2v) is 3.00. The summed E-state index contributed by atoms with van der Waals surface area (Å²) in [6.07, 6.45) is 1.38. The summed E-state index contributed by atoms with van der Waals surface area (Å²) in [5.74, 6) is 0. The van der Waals surface area contributed by atoms with E-state index in [2.05, 4.69) is 6.92 Å². The summed E-state index contributed by atoms with van der Waals surface area (Å²) in [6.45, 7) is 4.65. The highest BCUT2D eigenvalue weighted by Gasteiger charge is 2.24. The van der Waals surface area contributed by atoms with Crippen molar-refractivity contribution in [2.45, 2.75) is 45.2 Å². The Morgan fingerprint density at radius 2 is 2.45 bits per heavy atom. The lowest BCUT2D eigenvalue weighted by Crippen LogP contribution is -2.19. The maximum Gasteiger partial charge on any atom is 0.157 e. The fourth-order valence-corrected chi connectivity index (χ4v) is 1.10. The number of hydrogen-bond acceptors (Lipinski definition) is 3.